The molecule has 9 aromatic heterocycles. The lowest BCUT2D eigenvalue weighted by atomic mass is 10.1. The van der Waals surface area contributed by atoms with Crippen molar-refractivity contribution in [2.45, 2.75) is 26.9 Å². The molecule has 1 saturated heterocycles. The first kappa shape index (κ1) is 46.1. The zero-order valence-electron chi connectivity index (χ0n) is 38.2. The molecule has 16 nitrogen and oxygen atoms in total. The van der Waals surface area contributed by atoms with Gasteiger partial charge in [-0.3, -0.25) is 33.3 Å². The fourth-order valence-corrected chi connectivity index (χ4v) is 12.7. The molecule has 71 heavy (non-hydrogen) atoms. The number of nitrogens with zero attached hydrogens (tertiary/aromatic N) is 12. The van der Waals surface area contributed by atoms with Crippen LogP contribution in [-0.4, -0.2) is 94.8 Å². The van der Waals surface area contributed by atoms with E-state index in [0.29, 0.717) is 33.4 Å². The van der Waals surface area contributed by atoms with Crippen molar-refractivity contribution in [1.82, 2.24) is 58.4 Å². The number of benzene rings is 2. The number of aryl methyl sites for hydroxylation is 2. The van der Waals surface area contributed by atoms with Gasteiger partial charge < -0.3 is 10.6 Å². The Bertz CT molecular complexity index is 3630. The Hall–Kier alpha value is -7.27. The van der Waals surface area contributed by atoms with E-state index in [1.807, 2.05) is 109 Å². The number of para-hydroxylation sites is 2. The SMILES string of the molecule is Cc1nc(-c2cccnc2)sc1C(=O)Nc1ccccc1-c1cn2c(CN3CCSCC3)csc2n1.Cc1nc(-c2cccnc2)sc1C(=O)Nc1ccccc1-c1cn2c(Cn3cncn3)csc2n1. The molecule has 10 heterocycles. The normalized spacial score (nSPS) is 12.8. The van der Waals surface area contributed by atoms with Gasteiger partial charge in [0.15, 0.2) is 9.92 Å². The topological polar surface area (TPSA) is 178 Å². The molecule has 0 spiro atoms. The van der Waals surface area contributed by atoms with Gasteiger partial charge in [0.05, 0.1) is 46.4 Å². The van der Waals surface area contributed by atoms with Crippen molar-refractivity contribution in [2.75, 3.05) is 35.2 Å². The summed E-state index contributed by atoms with van der Waals surface area (Å²) in [7, 11) is 0. The van der Waals surface area contributed by atoms with Crippen LogP contribution < -0.4 is 10.6 Å². The van der Waals surface area contributed by atoms with Crippen molar-refractivity contribution >= 4 is 90.2 Å². The second kappa shape index (κ2) is 20.6. The second-order valence-electron chi connectivity index (χ2n) is 16.3. The predicted octanol–water partition coefficient (Wildman–Crippen LogP) is 10.5. The van der Waals surface area contributed by atoms with Gasteiger partial charge in [0.1, 0.15) is 32.4 Å². The molecule has 0 bridgehead atoms. The number of amides is 2. The second-order valence-corrected chi connectivity index (χ2v) is 21.2. The highest BCUT2D eigenvalue weighted by atomic mass is 32.2. The number of fused-ring (bicyclic) bond motifs is 2. The first-order valence-electron chi connectivity index (χ1n) is 22.4. The van der Waals surface area contributed by atoms with Gasteiger partial charge in [-0.2, -0.15) is 16.9 Å². The lowest BCUT2D eigenvalue weighted by Gasteiger charge is -2.25. The smallest absolute Gasteiger partial charge is 0.267 e. The molecule has 11 aromatic rings. The van der Waals surface area contributed by atoms with Crippen LogP contribution in [0.5, 0.6) is 0 Å². The summed E-state index contributed by atoms with van der Waals surface area (Å²) in [5.74, 6) is 2.02. The Labute approximate surface area is 427 Å². The van der Waals surface area contributed by atoms with Crippen LogP contribution in [0.3, 0.4) is 0 Å². The Balaban J connectivity index is 0.000000154. The van der Waals surface area contributed by atoms with Gasteiger partial charge in [-0.15, -0.1) is 45.3 Å². The van der Waals surface area contributed by atoms with Gasteiger partial charge in [0.2, 0.25) is 0 Å². The molecule has 0 atom stereocenters. The molecule has 12 rings (SSSR count). The maximum atomic E-state index is 13.3. The number of rotatable bonds is 12. The van der Waals surface area contributed by atoms with Crippen molar-refractivity contribution in [3.8, 4) is 43.7 Å². The molecule has 2 N–H and O–H groups in total. The van der Waals surface area contributed by atoms with Crippen LogP contribution in [0.25, 0.3) is 53.6 Å². The zero-order valence-corrected chi connectivity index (χ0v) is 42.3. The minimum absolute atomic E-state index is 0.169. The highest BCUT2D eigenvalue weighted by molar-refractivity contribution is 7.99. The summed E-state index contributed by atoms with van der Waals surface area (Å²) in [4.78, 5) is 63.2. The van der Waals surface area contributed by atoms with Gasteiger partial charge >= 0.3 is 0 Å². The van der Waals surface area contributed by atoms with Crippen LogP contribution in [0.1, 0.15) is 42.1 Å². The number of anilines is 2. The van der Waals surface area contributed by atoms with Crippen LogP contribution in [0.15, 0.2) is 133 Å². The molecule has 0 unspecified atom stereocenters. The molecule has 354 valence electrons. The number of imidazole rings is 2. The van der Waals surface area contributed by atoms with Gasteiger partial charge in [0.25, 0.3) is 11.8 Å². The average molecular weight is 1030 g/mol. The summed E-state index contributed by atoms with van der Waals surface area (Å²) in [6.45, 7) is 7.48. The summed E-state index contributed by atoms with van der Waals surface area (Å²) in [6, 6.07) is 23.1. The first-order valence-corrected chi connectivity index (χ1v) is 27.0. The quantitative estimate of drug-likeness (QED) is 0.119. The number of carbonyl (C=O) groups excluding carboxylic acids is 2. The van der Waals surface area contributed by atoms with Gasteiger partial charge in [-0.25, -0.2) is 29.6 Å². The zero-order chi connectivity index (χ0) is 48.3. The van der Waals surface area contributed by atoms with E-state index in [9.17, 15) is 9.59 Å². The number of aromatic nitrogens is 11. The number of pyridine rings is 2. The van der Waals surface area contributed by atoms with E-state index in [1.54, 1.807) is 58.5 Å². The number of hydrogen-bond acceptors (Lipinski definition) is 16. The largest absolute Gasteiger partial charge is 0.321 e. The monoisotopic (exact) mass is 1030 g/mol. The number of hydrogen-bond donors (Lipinski definition) is 2. The first-order chi connectivity index (χ1) is 34.8. The van der Waals surface area contributed by atoms with Crippen molar-refractivity contribution in [3.63, 3.8) is 0 Å². The van der Waals surface area contributed by atoms with Crippen LogP contribution in [0.4, 0.5) is 11.4 Å². The molecule has 0 radical (unpaired) electrons. The molecule has 2 aromatic carbocycles. The molecule has 1 fully saturated rings. The Morgan fingerprint density at radius 1 is 0.620 bits per heavy atom. The molecule has 0 aliphatic carbocycles. The lowest BCUT2D eigenvalue weighted by Crippen LogP contribution is -2.32. The van der Waals surface area contributed by atoms with E-state index in [1.165, 1.54) is 46.2 Å². The summed E-state index contributed by atoms with van der Waals surface area (Å²) in [5.41, 5.74) is 10.3. The van der Waals surface area contributed by atoms with E-state index in [4.69, 9.17) is 9.97 Å². The molecule has 21 heteroatoms. The summed E-state index contributed by atoms with van der Waals surface area (Å²) < 4.78 is 6.01. The number of carbonyl (C=O) groups is 2. The van der Waals surface area contributed by atoms with Crippen molar-refractivity contribution in [2.24, 2.45) is 0 Å². The highest BCUT2D eigenvalue weighted by Crippen LogP contribution is 2.35. The average Bonchev–Trinajstić information content (AvgIpc) is 4.28. The Kier molecular flexibility index (Phi) is 13.4. The standard InChI is InChI=1S/C26H24N6OS3.C24H18N8OS2/c1-17-23(36-25(28-17)18-5-4-8-27-13-18)24(33)29-21-7-3-2-6-20(21)22-15-32-19(16-35-26(32)30-22)14-31-9-11-34-12-10-31;1-15-21(35-23(28-15)16-5-4-8-25-9-16)22(33)29-19-7-3-2-6-18(19)20-11-32-17(12-34-24(32)30-20)10-31-14-26-13-27-31/h2-8,13,15-16H,9-12,14H2,1H3,(H,29,33);2-9,11-14H,10H2,1H3,(H,29,33). The van der Waals surface area contributed by atoms with Crippen LogP contribution >= 0.6 is 57.1 Å². The third kappa shape index (κ3) is 10.0. The van der Waals surface area contributed by atoms with Crippen LogP contribution in [0.2, 0.25) is 0 Å². The van der Waals surface area contributed by atoms with Crippen LogP contribution in [0, 0.1) is 13.8 Å². The number of nitrogens with one attached hydrogen (secondary N) is 2. The molecule has 1 aliphatic heterocycles. The van der Waals surface area contributed by atoms with Gasteiger partial charge in [-0.05, 0) is 50.2 Å². The van der Waals surface area contributed by atoms with Crippen molar-refractivity contribution < 1.29 is 9.59 Å². The lowest BCUT2D eigenvalue weighted by molar-refractivity contribution is 0.102. The highest BCUT2D eigenvalue weighted by Gasteiger charge is 2.22. The van der Waals surface area contributed by atoms with E-state index >= 15 is 0 Å². The van der Waals surface area contributed by atoms with E-state index in [-0.39, 0.29) is 11.8 Å². The van der Waals surface area contributed by atoms with Crippen LogP contribution in [-0.2, 0) is 13.1 Å². The fourth-order valence-electron chi connectivity index (χ4n) is 8.04. The Morgan fingerprint density at radius 2 is 1.14 bits per heavy atom. The molecule has 1 aliphatic rings. The van der Waals surface area contributed by atoms with Gasteiger partial charge in [0, 0.05) is 107 Å². The fraction of sp³-hybridized carbons (Fsp3) is 0.160. The van der Waals surface area contributed by atoms with Crippen molar-refractivity contribution in [3.05, 3.63) is 166 Å². The molecular weight excluding hydrogens is 989 g/mol. The molecule has 2 amide bonds. The van der Waals surface area contributed by atoms with E-state index < -0.39 is 0 Å². The number of thioether (sulfide) groups is 1. The Morgan fingerprint density at radius 3 is 1.63 bits per heavy atom. The maximum Gasteiger partial charge on any atom is 0.267 e. The number of thiazole rings is 4. The minimum Gasteiger partial charge on any atom is -0.321 e. The van der Waals surface area contributed by atoms with E-state index in [2.05, 4.69) is 66.9 Å². The van der Waals surface area contributed by atoms with Crippen molar-refractivity contribution in [1.29, 1.82) is 0 Å². The third-order valence-corrected chi connectivity index (χ3v) is 16.7. The summed E-state index contributed by atoms with van der Waals surface area (Å²) in [6.07, 6.45) is 14.2. The third-order valence-electron chi connectivity index (χ3n) is 11.6. The minimum atomic E-state index is -0.199. The molecular formula is C50H42N14O2S5. The summed E-state index contributed by atoms with van der Waals surface area (Å²) >= 11 is 7.98. The van der Waals surface area contributed by atoms with Gasteiger partial charge in [-0.1, -0.05) is 36.4 Å². The van der Waals surface area contributed by atoms with E-state index in [0.717, 1.165) is 84.6 Å². The molecule has 0 saturated carbocycles. The maximum absolute atomic E-state index is 13.3. The summed E-state index contributed by atoms with van der Waals surface area (Å²) in [5, 5.41) is 16.2. The predicted molar refractivity (Wildman–Crippen MR) is 285 cm³/mol.